The Hall–Kier alpha value is -4.11. The zero-order chi connectivity index (χ0) is 33.4. The molecule has 0 bridgehead atoms. The van der Waals surface area contributed by atoms with Crippen molar-refractivity contribution in [1.82, 2.24) is 14.8 Å². The summed E-state index contributed by atoms with van der Waals surface area (Å²) in [7, 11) is 0. The highest BCUT2D eigenvalue weighted by atomic mass is 15.3. The average molecular weight is 610 g/mol. The van der Waals surface area contributed by atoms with Crippen LogP contribution in [0.2, 0.25) is 0 Å². The molecule has 0 unspecified atom stereocenters. The van der Waals surface area contributed by atoms with Crippen molar-refractivity contribution in [2.24, 2.45) is 0 Å². The normalized spacial score (nSPS) is 13.2. The minimum absolute atomic E-state index is 0.00164. The number of fused-ring (bicyclic) bond motifs is 3. The van der Waals surface area contributed by atoms with Gasteiger partial charge >= 0.3 is 0 Å². The van der Waals surface area contributed by atoms with Gasteiger partial charge in [0.1, 0.15) is 0 Å². The molecule has 4 aromatic carbocycles. The molecule has 0 aliphatic carbocycles. The van der Waals surface area contributed by atoms with E-state index >= 15 is 0 Å². The van der Waals surface area contributed by atoms with Gasteiger partial charge in [0.15, 0.2) is 0 Å². The van der Waals surface area contributed by atoms with E-state index in [4.69, 9.17) is 0 Å². The quantitative estimate of drug-likeness (QED) is 0.213. The Kier molecular flexibility index (Phi) is 7.43. The van der Waals surface area contributed by atoms with Gasteiger partial charge in [-0.25, -0.2) is 4.68 Å². The third-order valence-corrected chi connectivity index (χ3v) is 9.44. The van der Waals surface area contributed by atoms with E-state index in [-0.39, 0.29) is 21.7 Å². The molecule has 0 amide bonds. The lowest BCUT2D eigenvalue weighted by atomic mass is 9.80. The predicted octanol–water partition coefficient (Wildman–Crippen LogP) is 12.0. The van der Waals surface area contributed by atoms with E-state index in [0.717, 1.165) is 5.69 Å². The van der Waals surface area contributed by atoms with Crippen LogP contribution in [0, 0.1) is 0 Å². The highest BCUT2D eigenvalue weighted by Crippen LogP contribution is 2.42. The van der Waals surface area contributed by atoms with Crippen LogP contribution in [0.4, 0.5) is 0 Å². The van der Waals surface area contributed by atoms with Gasteiger partial charge in [0.2, 0.25) is 0 Å². The summed E-state index contributed by atoms with van der Waals surface area (Å²) in [5.41, 5.74) is 13.7. The van der Waals surface area contributed by atoms with Crippen LogP contribution in [-0.2, 0) is 21.7 Å². The second-order valence-corrected chi connectivity index (χ2v) is 17.3. The summed E-state index contributed by atoms with van der Waals surface area (Å²) in [6.45, 7) is 27.6. The number of aromatic nitrogens is 3. The van der Waals surface area contributed by atoms with E-state index in [1.54, 1.807) is 0 Å². The van der Waals surface area contributed by atoms with Crippen molar-refractivity contribution in [3.8, 4) is 27.9 Å². The van der Waals surface area contributed by atoms with Crippen LogP contribution >= 0.6 is 0 Å². The van der Waals surface area contributed by atoms with Crippen LogP contribution in [0.3, 0.4) is 0 Å². The largest absolute Gasteiger partial charge is 0.354 e. The molecule has 0 aliphatic heterocycles. The lowest BCUT2D eigenvalue weighted by Gasteiger charge is -2.25. The molecule has 0 aliphatic rings. The molecule has 0 saturated heterocycles. The zero-order valence-corrected chi connectivity index (χ0v) is 30.0. The lowest BCUT2D eigenvalue weighted by molar-refractivity contribution is 0.589. The van der Waals surface area contributed by atoms with Gasteiger partial charge in [0.25, 0.3) is 0 Å². The molecule has 0 fully saturated rings. The van der Waals surface area contributed by atoms with Crippen molar-refractivity contribution in [1.29, 1.82) is 0 Å². The van der Waals surface area contributed by atoms with Gasteiger partial charge in [-0.1, -0.05) is 107 Å². The second kappa shape index (κ2) is 10.7. The van der Waals surface area contributed by atoms with E-state index in [2.05, 4.69) is 160 Å². The summed E-state index contributed by atoms with van der Waals surface area (Å²) in [6, 6.07) is 27.9. The van der Waals surface area contributed by atoms with Gasteiger partial charge in [0.05, 0.1) is 11.2 Å². The number of nitrogens with one attached hydrogen (secondary N) is 1. The summed E-state index contributed by atoms with van der Waals surface area (Å²) in [5, 5.41) is 7.18. The molecule has 1 N–H and O–H groups in total. The topological polar surface area (TPSA) is 33.6 Å². The number of H-pyrrole nitrogens is 1. The number of rotatable bonds is 3. The Labute approximate surface area is 276 Å². The minimum Gasteiger partial charge on any atom is -0.354 e. The Bertz CT molecular complexity index is 2060. The van der Waals surface area contributed by atoms with E-state index in [1.807, 2.05) is 23.1 Å². The zero-order valence-electron chi connectivity index (χ0n) is 30.0. The van der Waals surface area contributed by atoms with Crippen LogP contribution < -0.4 is 0 Å². The molecule has 2 heterocycles. The van der Waals surface area contributed by atoms with Crippen molar-refractivity contribution in [3.05, 3.63) is 107 Å². The molecule has 0 radical (unpaired) electrons. The van der Waals surface area contributed by atoms with E-state index < -0.39 is 0 Å². The Morgan fingerprint density at radius 1 is 0.522 bits per heavy atom. The summed E-state index contributed by atoms with van der Waals surface area (Å²) < 4.78 is 1.97. The van der Waals surface area contributed by atoms with Crippen molar-refractivity contribution >= 4 is 21.8 Å². The summed E-state index contributed by atoms with van der Waals surface area (Å²) in [5.74, 6) is 0. The van der Waals surface area contributed by atoms with E-state index in [0.29, 0.717) is 0 Å². The smallest absolute Gasteiger partial charge is 0.0654 e. The van der Waals surface area contributed by atoms with Crippen molar-refractivity contribution in [3.63, 3.8) is 0 Å². The third-order valence-electron chi connectivity index (χ3n) is 9.44. The van der Waals surface area contributed by atoms with Gasteiger partial charge < -0.3 is 4.98 Å². The van der Waals surface area contributed by atoms with Crippen LogP contribution in [-0.4, -0.2) is 14.8 Å². The maximum Gasteiger partial charge on any atom is 0.0654 e. The number of aromatic amines is 1. The molecular weight excluding hydrogens is 558 g/mol. The van der Waals surface area contributed by atoms with Gasteiger partial charge in [0, 0.05) is 34.2 Å². The Balaban J connectivity index is 1.67. The number of benzene rings is 4. The van der Waals surface area contributed by atoms with Crippen molar-refractivity contribution in [2.45, 2.75) is 105 Å². The number of nitrogens with zero attached hydrogens (tertiary/aromatic N) is 2. The highest BCUT2D eigenvalue weighted by Gasteiger charge is 2.24. The van der Waals surface area contributed by atoms with Crippen LogP contribution in [0.25, 0.3) is 49.7 Å². The Morgan fingerprint density at radius 3 is 1.65 bits per heavy atom. The molecule has 0 saturated carbocycles. The fraction of sp³-hybridized carbons (Fsp3) is 0.372. The highest BCUT2D eigenvalue weighted by molar-refractivity contribution is 6.12. The van der Waals surface area contributed by atoms with E-state index in [1.165, 1.54) is 66.3 Å². The number of hydrogen-bond acceptors (Lipinski definition) is 1. The van der Waals surface area contributed by atoms with Crippen LogP contribution in [0.15, 0.2) is 85.2 Å². The minimum atomic E-state index is -0.0278. The number of hydrogen-bond donors (Lipinski definition) is 1. The van der Waals surface area contributed by atoms with Gasteiger partial charge in [-0.05, 0) is 109 Å². The molecule has 0 atom stereocenters. The van der Waals surface area contributed by atoms with Crippen LogP contribution in [0.1, 0.15) is 105 Å². The molecular formula is C43H51N3. The molecule has 2 aromatic heterocycles. The standard InChI is InChI=1S/C43H51N3/c1-40(2,3)30-14-15-38-36(24-30)37-26-33(43(10,11)12)25-35(39(37)45-38)29-18-27(19-31(21-29)41(4,5)6)28-20-32(42(7,8)9)23-34(22-28)46-17-13-16-44-46/h13-26,45H,1-12H3. The Morgan fingerprint density at radius 2 is 1.07 bits per heavy atom. The van der Waals surface area contributed by atoms with Crippen molar-refractivity contribution in [2.75, 3.05) is 0 Å². The monoisotopic (exact) mass is 609 g/mol. The van der Waals surface area contributed by atoms with Crippen molar-refractivity contribution < 1.29 is 0 Å². The average Bonchev–Trinajstić information content (AvgIpc) is 3.62. The van der Waals surface area contributed by atoms with Crippen LogP contribution in [0.5, 0.6) is 0 Å². The fourth-order valence-corrected chi connectivity index (χ4v) is 6.27. The summed E-state index contributed by atoms with van der Waals surface area (Å²) in [4.78, 5) is 3.86. The van der Waals surface area contributed by atoms with Gasteiger partial charge in [-0.2, -0.15) is 5.10 Å². The fourth-order valence-electron chi connectivity index (χ4n) is 6.27. The first kappa shape index (κ1) is 31.9. The molecule has 6 aromatic rings. The molecule has 0 spiro atoms. The SMILES string of the molecule is CC(C)(C)c1cc(-c2cc(-n3cccn3)cc(C(C)(C)C)c2)cc(-c2cc(C(C)(C)C)cc3c2[nH]c2ccc(C(C)(C)C)cc23)c1. The molecule has 3 nitrogen and oxygen atoms in total. The maximum absolute atomic E-state index is 4.59. The van der Waals surface area contributed by atoms with Gasteiger partial charge in [-0.15, -0.1) is 0 Å². The summed E-state index contributed by atoms with van der Waals surface area (Å²) in [6.07, 6.45) is 3.87. The lowest BCUT2D eigenvalue weighted by Crippen LogP contribution is -2.13. The maximum atomic E-state index is 4.59. The van der Waals surface area contributed by atoms with E-state index in [9.17, 15) is 0 Å². The first-order valence-corrected chi connectivity index (χ1v) is 16.7. The predicted molar refractivity (Wildman–Crippen MR) is 199 cm³/mol. The molecule has 6 rings (SSSR count). The first-order valence-electron chi connectivity index (χ1n) is 16.7. The summed E-state index contributed by atoms with van der Waals surface area (Å²) >= 11 is 0. The van der Waals surface area contributed by atoms with Gasteiger partial charge in [-0.3, -0.25) is 0 Å². The molecule has 3 heteroatoms. The first-order chi connectivity index (χ1) is 21.3. The second-order valence-electron chi connectivity index (χ2n) is 17.3. The molecule has 238 valence electrons. The third kappa shape index (κ3) is 6.05. The molecule has 46 heavy (non-hydrogen) atoms.